The van der Waals surface area contributed by atoms with Gasteiger partial charge in [-0.25, -0.2) is 20.5 Å². The number of halogens is 5. The van der Waals surface area contributed by atoms with Gasteiger partial charge in [0.1, 0.15) is 0 Å². The minimum absolute atomic E-state index is 0.820. The molecule has 0 amide bonds. The summed E-state index contributed by atoms with van der Waals surface area (Å²) in [7, 11) is -11.9. The predicted molar refractivity (Wildman–Crippen MR) is 28.6 cm³/mol. The van der Waals surface area contributed by atoms with Crippen molar-refractivity contribution in [2.45, 2.75) is 13.0 Å². The minimum atomic E-state index is -6.50. The summed E-state index contributed by atoms with van der Waals surface area (Å²) < 4.78 is 60.1. The van der Waals surface area contributed by atoms with Gasteiger partial charge in [0.25, 0.3) is 0 Å². The standard InChI is InChI=1S/C2H5F5OSi2/c1-2-9(3,4)8-10(5,6)7/h2H2,1H3. The van der Waals surface area contributed by atoms with Crippen molar-refractivity contribution in [3.8, 4) is 0 Å². The van der Waals surface area contributed by atoms with Gasteiger partial charge in [-0.15, -0.1) is 0 Å². The second kappa shape index (κ2) is 2.97. The molecule has 0 aliphatic carbocycles. The first-order valence-corrected chi connectivity index (χ1v) is 5.83. The lowest BCUT2D eigenvalue weighted by molar-refractivity contribution is 0.240. The van der Waals surface area contributed by atoms with Gasteiger partial charge in [-0.3, -0.25) is 0 Å². The van der Waals surface area contributed by atoms with Gasteiger partial charge in [-0.1, -0.05) is 6.92 Å². The van der Waals surface area contributed by atoms with Gasteiger partial charge in [0, 0.05) is 6.04 Å². The van der Waals surface area contributed by atoms with Crippen LogP contribution in [0.2, 0.25) is 6.04 Å². The highest BCUT2D eigenvalue weighted by molar-refractivity contribution is 6.70. The molecule has 0 aliphatic heterocycles. The second-order valence-electron chi connectivity index (χ2n) is 1.54. The SMILES string of the molecule is CC[Si](F)(F)O[Si](F)(F)F. The third kappa shape index (κ3) is 4.88. The van der Waals surface area contributed by atoms with E-state index in [1.807, 2.05) is 0 Å². The molecule has 0 rings (SSSR count). The summed E-state index contributed by atoms with van der Waals surface area (Å²) in [6, 6.07) is -0.820. The highest BCUT2D eigenvalue weighted by atomic mass is 28.5. The minimum Gasteiger partial charge on any atom is -0.333 e. The molecule has 0 unspecified atom stereocenters. The fourth-order valence-electron chi connectivity index (χ4n) is 0.241. The van der Waals surface area contributed by atoms with E-state index in [1.54, 1.807) is 0 Å². The Hall–Kier alpha value is 0.0438. The Balaban J connectivity index is 3.89. The summed E-state index contributed by atoms with van der Waals surface area (Å²) in [5.41, 5.74) is 0. The predicted octanol–water partition coefficient (Wildman–Crippen LogP) is 2.24. The van der Waals surface area contributed by atoms with Crippen molar-refractivity contribution >= 4 is 18.3 Å². The second-order valence-corrected chi connectivity index (χ2v) is 5.23. The average Bonchev–Trinajstić information content (AvgIpc) is 1.60. The smallest absolute Gasteiger partial charge is 0.333 e. The Morgan fingerprint density at radius 3 is 1.60 bits per heavy atom. The van der Waals surface area contributed by atoms with E-state index >= 15 is 0 Å². The first-order valence-electron chi connectivity index (χ1n) is 2.41. The average molecular weight is 196 g/mol. The highest BCUT2D eigenvalue weighted by Gasteiger charge is 2.53. The molecule has 0 N–H and O–H groups in total. The zero-order chi connectivity index (χ0) is 8.41. The molecule has 10 heavy (non-hydrogen) atoms. The summed E-state index contributed by atoms with van der Waals surface area (Å²) >= 11 is 0. The molecule has 1 nitrogen and oxygen atoms in total. The Morgan fingerprint density at radius 2 is 1.50 bits per heavy atom. The van der Waals surface area contributed by atoms with Crippen LogP contribution in [0.3, 0.4) is 0 Å². The first-order chi connectivity index (χ1) is 4.27. The maximum absolute atomic E-state index is 11.9. The molecule has 0 fully saturated rings. The number of hydrogen-bond donors (Lipinski definition) is 0. The Labute approximate surface area is 56.9 Å². The van der Waals surface area contributed by atoms with E-state index in [0.717, 1.165) is 6.92 Å². The first kappa shape index (κ1) is 10.0. The van der Waals surface area contributed by atoms with Crippen molar-refractivity contribution in [1.29, 1.82) is 0 Å². The molecular formula is C2H5F5OSi2. The Bertz CT molecular complexity index is 111. The van der Waals surface area contributed by atoms with Crippen LogP contribution >= 0.6 is 0 Å². The van der Waals surface area contributed by atoms with Crippen LogP contribution in [0, 0.1) is 0 Å². The summed E-state index contributed by atoms with van der Waals surface area (Å²) in [6.07, 6.45) is 0. The largest absolute Gasteiger partial charge is 0.795 e. The van der Waals surface area contributed by atoms with E-state index in [0.29, 0.717) is 0 Å². The van der Waals surface area contributed by atoms with E-state index < -0.39 is 24.3 Å². The van der Waals surface area contributed by atoms with Gasteiger partial charge in [0.2, 0.25) is 0 Å². The van der Waals surface area contributed by atoms with Crippen molar-refractivity contribution in [2.75, 3.05) is 0 Å². The molecule has 0 saturated heterocycles. The lowest BCUT2D eigenvalue weighted by atomic mass is 11.0. The fraction of sp³-hybridized carbons (Fsp3) is 1.00. The van der Waals surface area contributed by atoms with Crippen molar-refractivity contribution in [1.82, 2.24) is 0 Å². The van der Waals surface area contributed by atoms with Gasteiger partial charge >= 0.3 is 18.3 Å². The molecule has 0 saturated carbocycles. The van der Waals surface area contributed by atoms with E-state index in [9.17, 15) is 20.5 Å². The van der Waals surface area contributed by atoms with Crippen LogP contribution in [-0.2, 0) is 4.12 Å². The van der Waals surface area contributed by atoms with E-state index in [4.69, 9.17) is 0 Å². The molecule has 0 atom stereocenters. The molecule has 0 aromatic carbocycles. The normalized spacial score (nSPS) is 13.8. The molecular weight excluding hydrogens is 191 g/mol. The molecule has 0 aromatic heterocycles. The van der Waals surface area contributed by atoms with Gasteiger partial charge in [-0.2, -0.15) is 0 Å². The molecule has 0 aliphatic rings. The molecule has 0 aromatic rings. The maximum Gasteiger partial charge on any atom is 0.795 e. The quantitative estimate of drug-likeness (QED) is 0.382. The van der Waals surface area contributed by atoms with E-state index in [-0.39, 0.29) is 0 Å². The van der Waals surface area contributed by atoms with Gasteiger partial charge in [0.05, 0.1) is 0 Å². The monoisotopic (exact) mass is 196 g/mol. The summed E-state index contributed by atoms with van der Waals surface area (Å²) in [5, 5.41) is 0. The van der Waals surface area contributed by atoms with Crippen molar-refractivity contribution in [3.63, 3.8) is 0 Å². The van der Waals surface area contributed by atoms with Crippen molar-refractivity contribution < 1.29 is 24.7 Å². The number of hydrogen-bond acceptors (Lipinski definition) is 1. The van der Waals surface area contributed by atoms with E-state index in [2.05, 4.69) is 4.12 Å². The Kier molecular flexibility index (Phi) is 2.98. The lowest BCUT2D eigenvalue weighted by Crippen LogP contribution is -2.37. The zero-order valence-electron chi connectivity index (χ0n) is 5.01. The summed E-state index contributed by atoms with van der Waals surface area (Å²) in [4.78, 5) is 0. The van der Waals surface area contributed by atoms with Crippen LogP contribution in [0.4, 0.5) is 20.5 Å². The van der Waals surface area contributed by atoms with Crippen LogP contribution in [0.25, 0.3) is 0 Å². The van der Waals surface area contributed by atoms with Gasteiger partial charge in [-0.05, 0) is 0 Å². The van der Waals surface area contributed by atoms with Crippen LogP contribution in [0.15, 0.2) is 0 Å². The van der Waals surface area contributed by atoms with Crippen LogP contribution in [0.5, 0.6) is 0 Å². The summed E-state index contributed by atoms with van der Waals surface area (Å²) in [6.45, 7) is 0.979. The molecule has 0 spiro atoms. The van der Waals surface area contributed by atoms with Crippen LogP contribution < -0.4 is 0 Å². The molecule has 0 bridgehead atoms. The van der Waals surface area contributed by atoms with Crippen LogP contribution in [0.1, 0.15) is 6.92 Å². The van der Waals surface area contributed by atoms with Crippen molar-refractivity contribution in [2.24, 2.45) is 0 Å². The molecule has 0 radical (unpaired) electrons. The zero-order valence-corrected chi connectivity index (χ0v) is 7.01. The summed E-state index contributed by atoms with van der Waals surface area (Å²) in [5.74, 6) is 0. The van der Waals surface area contributed by atoms with Crippen molar-refractivity contribution in [3.05, 3.63) is 0 Å². The Morgan fingerprint density at radius 1 is 1.10 bits per heavy atom. The topological polar surface area (TPSA) is 9.23 Å². The highest BCUT2D eigenvalue weighted by Crippen LogP contribution is 2.22. The lowest BCUT2D eigenvalue weighted by Gasteiger charge is -2.10. The van der Waals surface area contributed by atoms with Gasteiger partial charge in [0.15, 0.2) is 0 Å². The molecule has 0 heterocycles. The third-order valence-corrected chi connectivity index (χ3v) is 3.62. The van der Waals surface area contributed by atoms with Crippen LogP contribution in [-0.4, -0.2) is 18.3 Å². The van der Waals surface area contributed by atoms with E-state index in [1.165, 1.54) is 0 Å². The molecule has 62 valence electrons. The third-order valence-electron chi connectivity index (χ3n) is 0.677. The fourth-order valence-corrected chi connectivity index (χ4v) is 2.17. The van der Waals surface area contributed by atoms with Gasteiger partial charge < -0.3 is 4.12 Å². The molecule has 8 heteroatoms. The maximum atomic E-state index is 11.9. The number of rotatable bonds is 3.